The quantitative estimate of drug-likeness (QED) is 0.556. The van der Waals surface area contributed by atoms with Gasteiger partial charge in [0.15, 0.2) is 0 Å². The molecule has 1 amide bonds. The number of thiophene rings is 1. The SMILES string of the molecule is Cc1ccc2c(N)c(C(=O)NCCc3ccc(N4CC5CCC(C4)N5)cc3C#N)sc2n1. The van der Waals surface area contributed by atoms with Crippen LogP contribution in [0.2, 0.25) is 0 Å². The number of hydrogen-bond donors (Lipinski definition) is 3. The van der Waals surface area contributed by atoms with Crippen LogP contribution in [-0.2, 0) is 6.42 Å². The Hall–Kier alpha value is -3.15. The van der Waals surface area contributed by atoms with Crippen molar-refractivity contribution in [3.05, 3.63) is 52.0 Å². The molecule has 2 aromatic heterocycles. The number of carbonyl (C=O) groups excluding carboxylic acids is 1. The number of hydrogen-bond acceptors (Lipinski definition) is 7. The zero-order chi connectivity index (χ0) is 22.2. The van der Waals surface area contributed by atoms with Gasteiger partial charge in [0.05, 0.1) is 17.3 Å². The molecule has 5 rings (SSSR count). The van der Waals surface area contributed by atoms with Crippen molar-refractivity contribution in [2.24, 2.45) is 0 Å². The molecule has 2 saturated heterocycles. The summed E-state index contributed by atoms with van der Waals surface area (Å²) in [5.74, 6) is -0.199. The minimum atomic E-state index is -0.199. The highest BCUT2D eigenvalue weighted by Crippen LogP contribution is 2.32. The highest BCUT2D eigenvalue weighted by atomic mass is 32.1. The van der Waals surface area contributed by atoms with Gasteiger partial charge in [0.1, 0.15) is 9.71 Å². The standard InChI is InChI=1S/C24H26N6OS/c1-14-2-7-20-21(26)22(32-24(20)28-14)23(31)27-9-8-15-3-6-19(10-16(15)11-25)30-12-17-4-5-18(13-30)29-17/h2-3,6-7,10,17-18,29H,4-5,8-9,12-13,26H2,1H3,(H,27,31). The molecular weight excluding hydrogens is 420 g/mol. The number of carbonyl (C=O) groups is 1. The van der Waals surface area contributed by atoms with Crippen LogP contribution in [0.25, 0.3) is 10.2 Å². The van der Waals surface area contributed by atoms with Crippen LogP contribution in [0.1, 0.15) is 39.3 Å². The second-order valence-electron chi connectivity index (χ2n) is 8.65. The van der Waals surface area contributed by atoms with Gasteiger partial charge in [0.2, 0.25) is 0 Å². The van der Waals surface area contributed by atoms with Gasteiger partial charge in [-0.05, 0) is 56.0 Å². The lowest BCUT2D eigenvalue weighted by Gasteiger charge is -2.34. The maximum absolute atomic E-state index is 12.7. The number of piperazine rings is 1. The fraction of sp³-hybridized carbons (Fsp3) is 0.375. The van der Waals surface area contributed by atoms with Crippen LogP contribution < -0.4 is 21.3 Å². The predicted octanol–water partition coefficient (Wildman–Crippen LogP) is 2.97. The molecular formula is C24H26N6OS. The number of amides is 1. The van der Waals surface area contributed by atoms with Gasteiger partial charge in [-0.15, -0.1) is 11.3 Å². The van der Waals surface area contributed by atoms with Gasteiger partial charge in [-0.25, -0.2) is 4.98 Å². The van der Waals surface area contributed by atoms with Crippen LogP contribution in [-0.4, -0.2) is 42.6 Å². The van der Waals surface area contributed by atoms with Crippen LogP contribution >= 0.6 is 11.3 Å². The average molecular weight is 447 g/mol. The molecule has 0 saturated carbocycles. The Morgan fingerprint density at radius 2 is 2.09 bits per heavy atom. The Bertz CT molecular complexity index is 1220. The third kappa shape index (κ3) is 3.90. The van der Waals surface area contributed by atoms with E-state index in [4.69, 9.17) is 5.73 Å². The van der Waals surface area contributed by atoms with Crippen molar-refractivity contribution in [1.82, 2.24) is 15.6 Å². The Morgan fingerprint density at radius 1 is 1.31 bits per heavy atom. The average Bonchev–Trinajstić information content (AvgIpc) is 3.31. The van der Waals surface area contributed by atoms with Crippen molar-refractivity contribution in [1.29, 1.82) is 5.26 Å². The highest BCUT2D eigenvalue weighted by molar-refractivity contribution is 7.21. The van der Waals surface area contributed by atoms with Gasteiger partial charge in [-0.2, -0.15) is 5.26 Å². The van der Waals surface area contributed by atoms with E-state index in [0.29, 0.717) is 41.2 Å². The van der Waals surface area contributed by atoms with Crippen molar-refractivity contribution in [3.8, 4) is 6.07 Å². The molecule has 0 aliphatic carbocycles. The van der Waals surface area contributed by atoms with E-state index in [1.54, 1.807) is 0 Å². The molecule has 7 nitrogen and oxygen atoms in total. The molecule has 164 valence electrons. The first-order chi connectivity index (χ1) is 15.5. The first kappa shape index (κ1) is 20.7. The van der Waals surface area contributed by atoms with Crippen molar-refractivity contribution in [2.45, 2.75) is 38.3 Å². The van der Waals surface area contributed by atoms with E-state index in [9.17, 15) is 10.1 Å². The number of nitrogens with one attached hydrogen (secondary N) is 2. The predicted molar refractivity (Wildman–Crippen MR) is 128 cm³/mol. The van der Waals surface area contributed by atoms with E-state index in [1.807, 2.05) is 31.2 Å². The molecule has 0 spiro atoms. The van der Waals surface area contributed by atoms with Crippen LogP contribution in [0.5, 0.6) is 0 Å². The topological polar surface area (TPSA) is 107 Å². The third-order valence-corrected chi connectivity index (χ3v) is 7.53. The Morgan fingerprint density at radius 3 is 2.84 bits per heavy atom. The number of pyridine rings is 1. The fourth-order valence-electron chi connectivity index (χ4n) is 4.74. The molecule has 32 heavy (non-hydrogen) atoms. The number of nitrogen functional groups attached to an aromatic ring is 1. The van der Waals surface area contributed by atoms with Crippen LogP contribution in [0.15, 0.2) is 30.3 Å². The van der Waals surface area contributed by atoms with Gasteiger partial charge >= 0.3 is 0 Å². The van der Waals surface area contributed by atoms with Crippen molar-refractivity contribution in [2.75, 3.05) is 30.3 Å². The Balaban J connectivity index is 1.24. The molecule has 2 aliphatic rings. The summed E-state index contributed by atoms with van der Waals surface area (Å²) in [6, 6.07) is 13.3. The summed E-state index contributed by atoms with van der Waals surface area (Å²) in [5, 5.41) is 17.1. The molecule has 2 unspecified atom stereocenters. The van der Waals surface area contributed by atoms with E-state index < -0.39 is 0 Å². The molecule has 1 aromatic carbocycles. The van der Waals surface area contributed by atoms with Crippen molar-refractivity contribution < 1.29 is 4.79 Å². The first-order valence-electron chi connectivity index (χ1n) is 11.0. The maximum Gasteiger partial charge on any atom is 0.263 e. The largest absolute Gasteiger partial charge is 0.397 e. The summed E-state index contributed by atoms with van der Waals surface area (Å²) >= 11 is 1.31. The van der Waals surface area contributed by atoms with Crippen LogP contribution in [0, 0.1) is 18.3 Å². The lowest BCUT2D eigenvalue weighted by atomic mass is 10.0. The minimum Gasteiger partial charge on any atom is -0.397 e. The van der Waals surface area contributed by atoms with Crippen LogP contribution in [0.4, 0.5) is 11.4 Å². The normalized spacial score (nSPS) is 19.8. The summed E-state index contributed by atoms with van der Waals surface area (Å²) in [6.07, 6.45) is 3.04. The number of nitrogens with two attached hydrogens (primary N) is 1. The molecule has 2 atom stereocenters. The number of rotatable bonds is 5. The number of aromatic nitrogens is 1. The van der Waals surface area contributed by atoms with E-state index in [-0.39, 0.29) is 5.91 Å². The summed E-state index contributed by atoms with van der Waals surface area (Å²) < 4.78 is 0. The lowest BCUT2D eigenvalue weighted by Crippen LogP contribution is -2.51. The Kier molecular flexibility index (Phi) is 5.45. The fourth-order valence-corrected chi connectivity index (χ4v) is 5.80. The zero-order valence-electron chi connectivity index (χ0n) is 18.0. The van der Waals surface area contributed by atoms with E-state index >= 15 is 0 Å². The number of fused-ring (bicyclic) bond motifs is 3. The number of nitriles is 1. The number of anilines is 2. The summed E-state index contributed by atoms with van der Waals surface area (Å²) in [6.45, 7) is 4.33. The van der Waals surface area contributed by atoms with Gasteiger partial charge in [0.25, 0.3) is 5.91 Å². The summed E-state index contributed by atoms with van der Waals surface area (Å²) in [5.41, 5.74) is 10.3. The van der Waals surface area contributed by atoms with Gasteiger partial charge in [0, 0.05) is 48.5 Å². The van der Waals surface area contributed by atoms with Gasteiger partial charge in [-0.1, -0.05) is 6.07 Å². The van der Waals surface area contributed by atoms with Gasteiger partial charge < -0.3 is 21.3 Å². The number of nitrogens with zero attached hydrogens (tertiary/aromatic N) is 3. The van der Waals surface area contributed by atoms with Crippen molar-refractivity contribution >= 4 is 38.8 Å². The second-order valence-corrected chi connectivity index (χ2v) is 9.65. The molecule has 2 fully saturated rings. The third-order valence-electron chi connectivity index (χ3n) is 6.41. The van der Waals surface area contributed by atoms with Crippen LogP contribution in [0.3, 0.4) is 0 Å². The summed E-state index contributed by atoms with van der Waals surface area (Å²) in [7, 11) is 0. The van der Waals surface area contributed by atoms with E-state index in [1.165, 1.54) is 24.2 Å². The number of benzene rings is 1. The Labute approximate surface area is 191 Å². The first-order valence-corrected chi connectivity index (χ1v) is 11.8. The second kappa shape index (κ2) is 8.41. The lowest BCUT2D eigenvalue weighted by molar-refractivity contribution is 0.0959. The van der Waals surface area contributed by atoms with Gasteiger partial charge in [-0.3, -0.25) is 4.79 Å². The maximum atomic E-state index is 12.7. The van der Waals surface area contributed by atoms with E-state index in [2.05, 4.69) is 32.7 Å². The molecule has 2 bridgehead atoms. The molecule has 3 aromatic rings. The molecule has 0 radical (unpaired) electrons. The molecule has 2 aliphatic heterocycles. The zero-order valence-corrected chi connectivity index (χ0v) is 18.8. The molecule has 4 N–H and O–H groups in total. The summed E-state index contributed by atoms with van der Waals surface area (Å²) in [4.78, 5) is 20.8. The highest BCUT2D eigenvalue weighted by Gasteiger charge is 2.32. The number of aryl methyl sites for hydroxylation is 1. The molecule has 8 heteroatoms. The molecule has 4 heterocycles. The minimum absolute atomic E-state index is 0.199. The van der Waals surface area contributed by atoms with E-state index in [0.717, 1.165) is 40.3 Å². The smallest absolute Gasteiger partial charge is 0.263 e. The monoisotopic (exact) mass is 446 g/mol. The van der Waals surface area contributed by atoms with Crippen molar-refractivity contribution in [3.63, 3.8) is 0 Å².